The van der Waals surface area contributed by atoms with E-state index in [9.17, 15) is 19.8 Å². The molecule has 2 N–H and O–H groups in total. The predicted molar refractivity (Wildman–Crippen MR) is 131 cm³/mol. The molecule has 0 aromatic carbocycles. The summed E-state index contributed by atoms with van der Waals surface area (Å²) in [5, 5.41) is 20.4. The molecule has 2 fully saturated rings. The highest BCUT2D eigenvalue weighted by Gasteiger charge is 2.35. The highest BCUT2D eigenvalue weighted by molar-refractivity contribution is 5.97. The van der Waals surface area contributed by atoms with Gasteiger partial charge in [0.15, 0.2) is 0 Å². The van der Waals surface area contributed by atoms with Crippen LogP contribution < -0.4 is 4.74 Å². The van der Waals surface area contributed by atoms with Crippen LogP contribution in [0, 0.1) is 23.7 Å². The zero-order chi connectivity index (χ0) is 25.2. The van der Waals surface area contributed by atoms with Gasteiger partial charge in [-0.1, -0.05) is 18.8 Å². The molecular weight excluding hydrogens is 446 g/mol. The summed E-state index contributed by atoms with van der Waals surface area (Å²) in [4.78, 5) is 33.9. The van der Waals surface area contributed by atoms with Gasteiger partial charge in [0.05, 0.1) is 19.2 Å². The van der Waals surface area contributed by atoms with E-state index in [0.29, 0.717) is 43.8 Å². The molecule has 2 aliphatic carbocycles. The Kier molecular flexibility index (Phi) is 7.67. The third-order valence-corrected chi connectivity index (χ3v) is 7.43. The first-order valence-corrected chi connectivity index (χ1v) is 12.8. The van der Waals surface area contributed by atoms with Crippen molar-refractivity contribution in [3.8, 4) is 17.7 Å². The van der Waals surface area contributed by atoms with Gasteiger partial charge in [-0.05, 0) is 57.4 Å². The average Bonchev–Trinajstić information content (AvgIpc) is 3.56. The van der Waals surface area contributed by atoms with Crippen LogP contribution in [0.5, 0.6) is 5.88 Å². The number of carbonyl (C=O) groups excluding carboxylic acids is 2. The van der Waals surface area contributed by atoms with E-state index < -0.39 is 5.60 Å². The molecule has 2 heterocycles. The molecule has 0 bridgehead atoms. The maximum Gasteiger partial charge on any atom is 0.259 e. The number of amides is 2. The molecule has 3 atom stereocenters. The van der Waals surface area contributed by atoms with Gasteiger partial charge in [-0.15, -0.1) is 0 Å². The van der Waals surface area contributed by atoms with Crippen molar-refractivity contribution in [2.45, 2.75) is 76.5 Å². The molecule has 0 unspecified atom stereocenters. The van der Waals surface area contributed by atoms with Crippen LogP contribution in [0.1, 0.15) is 74.7 Å². The van der Waals surface area contributed by atoms with Gasteiger partial charge in [0.25, 0.3) is 5.91 Å². The Morgan fingerprint density at radius 1 is 1.37 bits per heavy atom. The number of aliphatic hydroxyl groups excluding tert-OH is 1. The lowest BCUT2D eigenvalue weighted by atomic mass is 9.99. The van der Waals surface area contributed by atoms with Crippen molar-refractivity contribution in [3.63, 3.8) is 0 Å². The summed E-state index contributed by atoms with van der Waals surface area (Å²) in [6, 6.07) is 1.27. The molecule has 1 aromatic rings. The number of likely N-dealkylation sites (N-methyl/N-ethyl adjacent to an activating group) is 1. The van der Waals surface area contributed by atoms with Crippen molar-refractivity contribution in [1.29, 1.82) is 0 Å². The molecule has 4 rings (SSSR count). The number of rotatable bonds is 6. The van der Waals surface area contributed by atoms with Gasteiger partial charge >= 0.3 is 0 Å². The largest absolute Gasteiger partial charge is 0.472 e. The molecule has 0 saturated heterocycles. The maximum atomic E-state index is 13.5. The van der Waals surface area contributed by atoms with E-state index >= 15 is 0 Å². The van der Waals surface area contributed by atoms with Crippen LogP contribution in [-0.4, -0.2) is 81.3 Å². The Labute approximate surface area is 207 Å². The van der Waals surface area contributed by atoms with Crippen molar-refractivity contribution >= 4 is 11.8 Å². The van der Waals surface area contributed by atoms with Crippen LogP contribution in [0.4, 0.5) is 0 Å². The molecule has 2 saturated carbocycles. The van der Waals surface area contributed by atoms with Crippen LogP contribution in [0.3, 0.4) is 0 Å². The topological polar surface area (TPSA) is 103 Å². The fourth-order valence-electron chi connectivity index (χ4n) is 4.76. The Bertz CT molecular complexity index is 1010. The fraction of sp³-hybridized carbons (Fsp3) is 0.667. The van der Waals surface area contributed by atoms with Crippen LogP contribution in [0.15, 0.2) is 12.3 Å². The van der Waals surface area contributed by atoms with Crippen molar-refractivity contribution in [1.82, 2.24) is 14.8 Å². The summed E-state index contributed by atoms with van der Waals surface area (Å²) < 4.78 is 6.26. The van der Waals surface area contributed by atoms with Crippen molar-refractivity contribution in [3.05, 3.63) is 23.4 Å². The summed E-state index contributed by atoms with van der Waals surface area (Å²) >= 11 is 0. The van der Waals surface area contributed by atoms with E-state index in [-0.39, 0.29) is 47.9 Å². The third-order valence-electron chi connectivity index (χ3n) is 7.43. The van der Waals surface area contributed by atoms with Crippen LogP contribution in [0.2, 0.25) is 0 Å². The van der Waals surface area contributed by atoms with E-state index in [1.165, 1.54) is 0 Å². The number of fused-ring (bicyclic) bond motifs is 1. The number of aliphatic hydroxyl groups is 2. The molecule has 0 radical (unpaired) electrons. The molecular formula is C27H37N3O5. The molecule has 35 heavy (non-hydrogen) atoms. The monoisotopic (exact) mass is 483 g/mol. The van der Waals surface area contributed by atoms with Crippen LogP contribution in [0.25, 0.3) is 0 Å². The standard InChI is InChI=1S/C27H37N3O5/c1-18-15-30(19(2)17-31)26(33)22-12-21(8-11-27(34)9-4-5-10-27)14-28-25(22)35-23(18)16-29(3)24(32)13-20-6-7-20/h12,14,18-20,23,31,34H,4-7,9-10,13,15-17H2,1-3H3/t18-,19+,23+/m0/s1. The van der Waals surface area contributed by atoms with Gasteiger partial charge in [-0.3, -0.25) is 9.59 Å². The third kappa shape index (κ3) is 6.14. The Morgan fingerprint density at radius 2 is 2.09 bits per heavy atom. The molecule has 3 aliphatic rings. The number of ether oxygens (including phenoxy) is 1. The SMILES string of the molecule is C[C@H](CO)N1C[C@H](C)[C@@H](CN(C)C(=O)CC2CC2)Oc2ncc(C#CC3(O)CCCC3)cc2C1=O. The highest BCUT2D eigenvalue weighted by atomic mass is 16.5. The zero-order valence-corrected chi connectivity index (χ0v) is 21.0. The van der Waals surface area contributed by atoms with Gasteiger partial charge in [-0.25, -0.2) is 4.98 Å². The Balaban J connectivity index is 1.61. The summed E-state index contributed by atoms with van der Waals surface area (Å²) in [6.45, 7) is 4.39. The second-order valence-electron chi connectivity index (χ2n) is 10.6. The molecule has 0 spiro atoms. The summed E-state index contributed by atoms with van der Waals surface area (Å²) in [7, 11) is 1.79. The number of pyridine rings is 1. The first kappa shape index (κ1) is 25.5. The van der Waals surface area contributed by atoms with Crippen molar-refractivity contribution in [2.24, 2.45) is 11.8 Å². The smallest absolute Gasteiger partial charge is 0.259 e. The van der Waals surface area contributed by atoms with E-state index in [4.69, 9.17) is 4.74 Å². The van der Waals surface area contributed by atoms with Gasteiger partial charge in [0.2, 0.25) is 11.8 Å². The molecule has 190 valence electrons. The lowest BCUT2D eigenvalue weighted by Gasteiger charge is -2.37. The second kappa shape index (κ2) is 10.5. The van der Waals surface area contributed by atoms with Crippen molar-refractivity contribution in [2.75, 3.05) is 26.7 Å². The first-order chi connectivity index (χ1) is 16.7. The lowest BCUT2D eigenvalue weighted by Crippen LogP contribution is -2.50. The van der Waals surface area contributed by atoms with Gasteiger partial charge < -0.3 is 24.7 Å². The van der Waals surface area contributed by atoms with E-state index in [1.54, 1.807) is 36.0 Å². The van der Waals surface area contributed by atoms with Crippen LogP contribution in [-0.2, 0) is 4.79 Å². The Hall–Kier alpha value is -2.63. The molecule has 1 aliphatic heterocycles. The van der Waals surface area contributed by atoms with Crippen LogP contribution >= 0.6 is 0 Å². The average molecular weight is 484 g/mol. The Morgan fingerprint density at radius 3 is 2.74 bits per heavy atom. The highest BCUT2D eigenvalue weighted by Crippen LogP contribution is 2.33. The van der Waals surface area contributed by atoms with Gasteiger partial charge in [-0.2, -0.15) is 0 Å². The van der Waals surface area contributed by atoms with Gasteiger partial charge in [0.1, 0.15) is 17.3 Å². The molecule has 2 amide bonds. The van der Waals surface area contributed by atoms with E-state index in [2.05, 4.69) is 16.8 Å². The van der Waals surface area contributed by atoms with E-state index in [0.717, 1.165) is 25.7 Å². The van der Waals surface area contributed by atoms with Gasteiger partial charge in [0, 0.05) is 37.7 Å². The molecule has 8 heteroatoms. The summed E-state index contributed by atoms with van der Waals surface area (Å²) in [6.07, 6.45) is 7.18. The maximum absolute atomic E-state index is 13.5. The van der Waals surface area contributed by atoms with E-state index in [1.807, 2.05) is 6.92 Å². The molecule has 1 aromatic heterocycles. The predicted octanol–water partition coefficient (Wildman–Crippen LogP) is 2.22. The second-order valence-corrected chi connectivity index (χ2v) is 10.6. The number of nitrogens with zero attached hydrogens (tertiary/aromatic N) is 3. The number of aromatic nitrogens is 1. The normalized spacial score (nSPS) is 24.4. The minimum atomic E-state index is -0.986. The molecule has 8 nitrogen and oxygen atoms in total. The first-order valence-electron chi connectivity index (χ1n) is 12.8. The fourth-order valence-corrected chi connectivity index (χ4v) is 4.76. The lowest BCUT2D eigenvalue weighted by molar-refractivity contribution is -0.131. The zero-order valence-electron chi connectivity index (χ0n) is 21.0. The van der Waals surface area contributed by atoms with Crippen molar-refractivity contribution < 1.29 is 24.5 Å². The number of hydrogen-bond donors (Lipinski definition) is 2. The minimum Gasteiger partial charge on any atom is -0.472 e. The number of hydrogen-bond acceptors (Lipinski definition) is 6. The minimum absolute atomic E-state index is 0.0878. The summed E-state index contributed by atoms with van der Waals surface area (Å²) in [5.74, 6) is 6.40. The summed E-state index contributed by atoms with van der Waals surface area (Å²) in [5.41, 5.74) is -0.181. The number of carbonyl (C=O) groups is 2. The quantitative estimate of drug-likeness (QED) is 0.602.